The minimum absolute atomic E-state index is 0.693. The molecule has 3 aromatic rings. The molecule has 1 aromatic carbocycles. The molecular formula is C14H13N5. The second-order valence-corrected chi connectivity index (χ2v) is 4.21. The van der Waals surface area contributed by atoms with Gasteiger partial charge in [0.25, 0.3) is 0 Å². The van der Waals surface area contributed by atoms with E-state index in [9.17, 15) is 0 Å². The molecule has 0 bridgehead atoms. The Hall–Kier alpha value is -2.69. The normalized spacial score (nSPS) is 10.5. The van der Waals surface area contributed by atoms with Crippen LogP contribution in [0.3, 0.4) is 0 Å². The van der Waals surface area contributed by atoms with E-state index in [2.05, 4.69) is 20.3 Å². The average molecular weight is 251 g/mol. The van der Waals surface area contributed by atoms with E-state index in [0.717, 1.165) is 22.3 Å². The number of fused-ring (bicyclic) bond motifs is 1. The lowest BCUT2D eigenvalue weighted by Gasteiger charge is -2.08. The second kappa shape index (κ2) is 4.89. The zero-order valence-corrected chi connectivity index (χ0v) is 10.2. The molecular weight excluding hydrogens is 238 g/mol. The molecule has 0 radical (unpaired) electrons. The first-order valence-electron chi connectivity index (χ1n) is 5.96. The van der Waals surface area contributed by atoms with Crippen LogP contribution < -0.4 is 11.1 Å². The smallest absolute Gasteiger partial charge is 0.137 e. The summed E-state index contributed by atoms with van der Waals surface area (Å²) in [6.07, 6.45) is 5.09. The maximum absolute atomic E-state index is 5.75. The molecule has 0 atom stereocenters. The third kappa shape index (κ3) is 2.44. The monoisotopic (exact) mass is 251 g/mol. The Morgan fingerprint density at radius 3 is 2.74 bits per heavy atom. The molecule has 0 fully saturated rings. The highest BCUT2D eigenvalue weighted by Crippen LogP contribution is 2.21. The van der Waals surface area contributed by atoms with Crippen LogP contribution in [0.15, 0.2) is 49.1 Å². The molecule has 2 aromatic heterocycles. The lowest BCUT2D eigenvalue weighted by atomic mass is 10.2. The van der Waals surface area contributed by atoms with Gasteiger partial charge in [0.15, 0.2) is 0 Å². The second-order valence-electron chi connectivity index (χ2n) is 4.21. The number of hydrogen-bond acceptors (Lipinski definition) is 5. The van der Waals surface area contributed by atoms with Crippen molar-refractivity contribution in [2.45, 2.75) is 6.54 Å². The highest BCUT2D eigenvalue weighted by atomic mass is 15.0. The molecule has 0 spiro atoms. The summed E-state index contributed by atoms with van der Waals surface area (Å²) in [6, 6.07) is 9.56. The van der Waals surface area contributed by atoms with E-state index in [1.165, 1.54) is 6.33 Å². The van der Waals surface area contributed by atoms with E-state index in [4.69, 9.17) is 5.73 Å². The molecule has 0 unspecified atom stereocenters. The number of anilines is 2. The first kappa shape index (κ1) is 11.4. The van der Waals surface area contributed by atoms with E-state index in [1.54, 1.807) is 12.4 Å². The van der Waals surface area contributed by atoms with Crippen molar-refractivity contribution in [3.05, 3.63) is 54.6 Å². The van der Waals surface area contributed by atoms with Crippen molar-refractivity contribution < 1.29 is 0 Å². The molecule has 0 saturated carbocycles. The van der Waals surface area contributed by atoms with Gasteiger partial charge in [0, 0.05) is 30.0 Å². The van der Waals surface area contributed by atoms with Crippen LogP contribution in [0.5, 0.6) is 0 Å². The van der Waals surface area contributed by atoms with Gasteiger partial charge in [-0.15, -0.1) is 0 Å². The van der Waals surface area contributed by atoms with Gasteiger partial charge in [-0.1, -0.05) is 0 Å². The number of nitrogens with one attached hydrogen (secondary N) is 1. The minimum atomic E-state index is 0.693. The largest absolute Gasteiger partial charge is 0.399 e. The van der Waals surface area contributed by atoms with Gasteiger partial charge in [-0.05, 0) is 35.9 Å². The zero-order chi connectivity index (χ0) is 13.1. The van der Waals surface area contributed by atoms with Crippen LogP contribution >= 0.6 is 0 Å². The molecule has 5 nitrogen and oxygen atoms in total. The zero-order valence-electron chi connectivity index (χ0n) is 10.2. The molecule has 0 aliphatic carbocycles. The number of pyridine rings is 1. The van der Waals surface area contributed by atoms with Gasteiger partial charge in [-0.25, -0.2) is 9.97 Å². The highest BCUT2D eigenvalue weighted by Gasteiger charge is 2.03. The Labute approximate surface area is 110 Å². The van der Waals surface area contributed by atoms with Crippen molar-refractivity contribution in [1.82, 2.24) is 15.0 Å². The molecule has 19 heavy (non-hydrogen) atoms. The molecule has 0 saturated heterocycles. The lowest BCUT2D eigenvalue weighted by molar-refractivity contribution is 1.09. The van der Waals surface area contributed by atoms with Crippen molar-refractivity contribution in [3.8, 4) is 0 Å². The molecule has 0 aliphatic rings. The maximum atomic E-state index is 5.75. The first-order valence-corrected chi connectivity index (χ1v) is 5.96. The fraction of sp³-hybridized carbons (Fsp3) is 0.0714. The molecule has 3 rings (SSSR count). The Kier molecular flexibility index (Phi) is 2.94. The number of aromatic nitrogens is 3. The minimum Gasteiger partial charge on any atom is -0.399 e. The van der Waals surface area contributed by atoms with E-state index in [-0.39, 0.29) is 0 Å². The molecule has 0 aliphatic heterocycles. The van der Waals surface area contributed by atoms with E-state index in [0.29, 0.717) is 12.2 Å². The van der Waals surface area contributed by atoms with Gasteiger partial charge >= 0.3 is 0 Å². The van der Waals surface area contributed by atoms with E-state index >= 15 is 0 Å². The summed E-state index contributed by atoms with van der Waals surface area (Å²) in [7, 11) is 0. The van der Waals surface area contributed by atoms with Gasteiger partial charge < -0.3 is 11.1 Å². The number of nitrogen functional groups attached to an aromatic ring is 1. The van der Waals surface area contributed by atoms with Crippen LogP contribution in [0.4, 0.5) is 11.5 Å². The third-order valence-corrected chi connectivity index (χ3v) is 2.87. The molecule has 94 valence electrons. The summed E-state index contributed by atoms with van der Waals surface area (Å²) in [4.78, 5) is 12.5. The number of benzene rings is 1. The summed E-state index contributed by atoms with van der Waals surface area (Å²) in [5, 5.41) is 4.27. The fourth-order valence-electron chi connectivity index (χ4n) is 1.90. The number of nitrogens with two attached hydrogens (primary N) is 1. The number of hydrogen-bond donors (Lipinski definition) is 2. The van der Waals surface area contributed by atoms with Gasteiger partial charge in [0.2, 0.25) is 0 Å². The summed E-state index contributed by atoms with van der Waals surface area (Å²) in [5.74, 6) is 0.807. The quantitative estimate of drug-likeness (QED) is 0.698. The van der Waals surface area contributed by atoms with Crippen LogP contribution in [0.25, 0.3) is 10.9 Å². The Morgan fingerprint density at radius 1 is 1.05 bits per heavy atom. The predicted octanol–water partition coefficient (Wildman–Crippen LogP) is 2.22. The average Bonchev–Trinajstić information content (AvgIpc) is 2.45. The van der Waals surface area contributed by atoms with Crippen molar-refractivity contribution in [3.63, 3.8) is 0 Å². The standard InChI is InChI=1S/C14H13N5/c15-11-1-2-12-13(7-11)18-9-19-14(12)17-8-10-3-5-16-6-4-10/h1-7,9H,8,15H2,(H,17,18,19). The molecule has 2 heterocycles. The van der Waals surface area contributed by atoms with Gasteiger partial charge in [0.1, 0.15) is 12.1 Å². The maximum Gasteiger partial charge on any atom is 0.137 e. The molecule has 3 N–H and O–H groups in total. The first-order chi connectivity index (χ1) is 9.33. The van der Waals surface area contributed by atoms with Crippen LogP contribution in [0.1, 0.15) is 5.56 Å². The van der Waals surface area contributed by atoms with Crippen molar-refractivity contribution in [2.24, 2.45) is 0 Å². The fourth-order valence-corrected chi connectivity index (χ4v) is 1.90. The van der Waals surface area contributed by atoms with Crippen LogP contribution in [-0.2, 0) is 6.54 Å². The van der Waals surface area contributed by atoms with Gasteiger partial charge in [-0.3, -0.25) is 4.98 Å². The van der Waals surface area contributed by atoms with E-state index in [1.807, 2.05) is 30.3 Å². The third-order valence-electron chi connectivity index (χ3n) is 2.87. The molecule has 0 amide bonds. The predicted molar refractivity (Wildman–Crippen MR) is 75.5 cm³/mol. The van der Waals surface area contributed by atoms with Gasteiger partial charge in [0.05, 0.1) is 5.52 Å². The van der Waals surface area contributed by atoms with Crippen molar-refractivity contribution in [2.75, 3.05) is 11.1 Å². The summed E-state index contributed by atoms with van der Waals surface area (Å²) >= 11 is 0. The van der Waals surface area contributed by atoms with Crippen molar-refractivity contribution >= 4 is 22.4 Å². The van der Waals surface area contributed by atoms with Crippen molar-refractivity contribution in [1.29, 1.82) is 0 Å². The number of rotatable bonds is 3. The lowest BCUT2D eigenvalue weighted by Crippen LogP contribution is -2.02. The van der Waals surface area contributed by atoms with Crippen LogP contribution in [0.2, 0.25) is 0 Å². The summed E-state index contributed by atoms with van der Waals surface area (Å²) in [6.45, 7) is 0.693. The topological polar surface area (TPSA) is 76.7 Å². The van der Waals surface area contributed by atoms with Crippen LogP contribution in [-0.4, -0.2) is 15.0 Å². The Balaban J connectivity index is 1.89. The summed E-state index contributed by atoms with van der Waals surface area (Å²) < 4.78 is 0. The van der Waals surface area contributed by atoms with Gasteiger partial charge in [-0.2, -0.15) is 0 Å². The SMILES string of the molecule is Nc1ccc2c(NCc3ccncc3)ncnc2c1. The van der Waals surface area contributed by atoms with Crippen LogP contribution in [0, 0.1) is 0 Å². The molecule has 5 heteroatoms. The highest BCUT2D eigenvalue weighted by molar-refractivity contribution is 5.90. The number of nitrogens with zero attached hydrogens (tertiary/aromatic N) is 3. The Morgan fingerprint density at radius 2 is 1.89 bits per heavy atom. The Bertz CT molecular complexity index is 697. The van der Waals surface area contributed by atoms with E-state index < -0.39 is 0 Å². The summed E-state index contributed by atoms with van der Waals surface area (Å²) in [5.41, 5.74) is 8.44.